The van der Waals surface area contributed by atoms with E-state index in [1.165, 1.54) is 12.1 Å². The first-order valence-corrected chi connectivity index (χ1v) is 7.65. The minimum absolute atomic E-state index is 0.0634. The molecule has 21 heavy (non-hydrogen) atoms. The van der Waals surface area contributed by atoms with Gasteiger partial charge in [-0.15, -0.1) is 0 Å². The van der Waals surface area contributed by atoms with Crippen molar-refractivity contribution in [3.63, 3.8) is 0 Å². The Bertz CT molecular complexity index is 518. The first-order chi connectivity index (χ1) is 9.88. The molecule has 1 aromatic carbocycles. The third-order valence-electron chi connectivity index (χ3n) is 4.56. The molecule has 2 saturated heterocycles. The van der Waals surface area contributed by atoms with Gasteiger partial charge in [-0.1, -0.05) is 17.7 Å². The number of halogens is 4. The van der Waals surface area contributed by atoms with Gasteiger partial charge in [0.2, 0.25) is 0 Å². The van der Waals surface area contributed by atoms with Crippen LogP contribution in [0.3, 0.4) is 0 Å². The zero-order chi connectivity index (χ0) is 15.2. The zero-order valence-electron chi connectivity index (χ0n) is 11.5. The standard InChI is InChI=1S/C15H18ClF3N2/c16-13-6-2-5-12(15(17,18)19)14(13)21-10-3-1-4-11(21)8-9(20)7-10/h2,5-6,9-11H,1,3-4,7-8,20H2. The molecule has 0 radical (unpaired) electrons. The van der Waals surface area contributed by atoms with Gasteiger partial charge in [0, 0.05) is 18.1 Å². The summed E-state index contributed by atoms with van der Waals surface area (Å²) in [6.07, 6.45) is -0.115. The predicted octanol–water partition coefficient (Wildman–Crippen LogP) is 4.21. The van der Waals surface area contributed by atoms with Crippen LogP contribution in [0.1, 0.15) is 37.7 Å². The molecule has 1 aromatic rings. The Hall–Kier alpha value is -0.940. The maximum atomic E-state index is 13.3. The van der Waals surface area contributed by atoms with Crippen molar-refractivity contribution in [2.45, 2.75) is 56.4 Å². The summed E-state index contributed by atoms with van der Waals surface area (Å²) in [6.45, 7) is 0. The van der Waals surface area contributed by atoms with Crippen molar-refractivity contribution in [2.24, 2.45) is 5.73 Å². The molecule has 2 aliphatic rings. The van der Waals surface area contributed by atoms with Crippen LogP contribution < -0.4 is 10.6 Å². The van der Waals surface area contributed by atoms with Gasteiger partial charge in [-0.3, -0.25) is 0 Å². The average Bonchev–Trinajstić information content (AvgIpc) is 2.37. The molecule has 3 rings (SSSR count). The molecule has 2 fully saturated rings. The van der Waals surface area contributed by atoms with Gasteiger partial charge in [0.15, 0.2) is 0 Å². The van der Waals surface area contributed by atoms with Crippen molar-refractivity contribution in [1.29, 1.82) is 0 Å². The number of piperidine rings is 2. The van der Waals surface area contributed by atoms with E-state index in [4.69, 9.17) is 17.3 Å². The fourth-order valence-corrected chi connectivity index (χ4v) is 4.07. The molecule has 0 aliphatic carbocycles. The molecule has 2 bridgehead atoms. The van der Waals surface area contributed by atoms with Gasteiger partial charge in [0.25, 0.3) is 0 Å². The lowest BCUT2D eigenvalue weighted by atomic mass is 9.81. The second kappa shape index (κ2) is 5.36. The van der Waals surface area contributed by atoms with E-state index in [0.29, 0.717) is 0 Å². The van der Waals surface area contributed by atoms with Crippen LogP contribution in [0.2, 0.25) is 5.02 Å². The first-order valence-electron chi connectivity index (χ1n) is 7.27. The Labute approximate surface area is 127 Å². The summed E-state index contributed by atoms with van der Waals surface area (Å²) in [5, 5.41) is 0.178. The van der Waals surface area contributed by atoms with Gasteiger partial charge in [-0.25, -0.2) is 0 Å². The van der Waals surface area contributed by atoms with Crippen LogP contribution in [0.25, 0.3) is 0 Å². The van der Waals surface area contributed by atoms with Crippen molar-refractivity contribution < 1.29 is 13.2 Å². The van der Waals surface area contributed by atoms with Gasteiger partial charge < -0.3 is 10.6 Å². The highest BCUT2D eigenvalue weighted by atomic mass is 35.5. The van der Waals surface area contributed by atoms with Gasteiger partial charge in [0.05, 0.1) is 16.3 Å². The van der Waals surface area contributed by atoms with Crippen LogP contribution in [0.4, 0.5) is 18.9 Å². The van der Waals surface area contributed by atoms with Crippen molar-refractivity contribution in [3.8, 4) is 0 Å². The van der Waals surface area contributed by atoms with E-state index in [-0.39, 0.29) is 28.8 Å². The van der Waals surface area contributed by atoms with E-state index in [2.05, 4.69) is 0 Å². The van der Waals surface area contributed by atoms with Crippen LogP contribution in [0, 0.1) is 0 Å². The number of nitrogens with two attached hydrogens (primary N) is 1. The van der Waals surface area contributed by atoms with Gasteiger partial charge in [0.1, 0.15) is 0 Å². The Morgan fingerprint density at radius 2 is 1.76 bits per heavy atom. The first kappa shape index (κ1) is 15.0. The third-order valence-corrected chi connectivity index (χ3v) is 4.87. The lowest BCUT2D eigenvalue weighted by Gasteiger charge is -2.50. The SMILES string of the molecule is NC1CC2CCCC(C1)N2c1c(Cl)cccc1C(F)(F)F. The number of nitrogens with zero attached hydrogens (tertiary/aromatic N) is 1. The van der Waals surface area contributed by atoms with Crippen molar-refractivity contribution in [1.82, 2.24) is 0 Å². The molecule has 2 nitrogen and oxygen atoms in total. The number of alkyl halides is 3. The Kier molecular flexibility index (Phi) is 3.82. The highest BCUT2D eigenvalue weighted by Gasteiger charge is 2.43. The molecule has 2 N–H and O–H groups in total. The molecule has 6 heteroatoms. The van der Waals surface area contributed by atoms with Crippen molar-refractivity contribution in [2.75, 3.05) is 4.90 Å². The number of benzene rings is 1. The van der Waals surface area contributed by atoms with E-state index < -0.39 is 11.7 Å². The molecule has 2 unspecified atom stereocenters. The lowest BCUT2D eigenvalue weighted by Crippen LogP contribution is -2.56. The minimum atomic E-state index is -4.39. The van der Waals surface area contributed by atoms with Gasteiger partial charge >= 0.3 is 6.18 Å². The third kappa shape index (κ3) is 2.73. The van der Waals surface area contributed by atoms with Crippen LogP contribution in [-0.2, 0) is 6.18 Å². The second-order valence-electron chi connectivity index (χ2n) is 6.01. The topological polar surface area (TPSA) is 29.3 Å². The molecular weight excluding hydrogens is 301 g/mol. The molecule has 2 aliphatic heterocycles. The number of rotatable bonds is 1. The largest absolute Gasteiger partial charge is 0.418 e. The smallest absolute Gasteiger partial charge is 0.364 e. The van der Waals surface area contributed by atoms with Gasteiger partial charge in [-0.2, -0.15) is 13.2 Å². The second-order valence-corrected chi connectivity index (χ2v) is 6.42. The predicted molar refractivity (Wildman–Crippen MR) is 77.6 cm³/mol. The van der Waals surface area contributed by atoms with Crippen LogP contribution in [0.5, 0.6) is 0 Å². The van der Waals surface area contributed by atoms with E-state index in [1.807, 2.05) is 4.90 Å². The van der Waals surface area contributed by atoms with E-state index in [0.717, 1.165) is 38.2 Å². The average molecular weight is 319 g/mol. The maximum absolute atomic E-state index is 13.3. The quantitative estimate of drug-likeness (QED) is 0.840. The molecule has 0 amide bonds. The van der Waals surface area contributed by atoms with E-state index in [1.54, 1.807) is 0 Å². The number of fused-ring (bicyclic) bond motifs is 2. The monoisotopic (exact) mass is 318 g/mol. The normalized spacial score (nSPS) is 29.6. The molecular formula is C15H18ClF3N2. The van der Waals surface area contributed by atoms with Gasteiger partial charge in [-0.05, 0) is 44.2 Å². The highest BCUT2D eigenvalue weighted by Crippen LogP contribution is 2.46. The molecule has 0 saturated carbocycles. The highest BCUT2D eigenvalue weighted by molar-refractivity contribution is 6.33. The van der Waals surface area contributed by atoms with Crippen molar-refractivity contribution >= 4 is 17.3 Å². The summed E-state index contributed by atoms with van der Waals surface area (Å²) in [5.74, 6) is 0. The summed E-state index contributed by atoms with van der Waals surface area (Å²) in [4.78, 5) is 1.90. The molecule has 116 valence electrons. The summed E-state index contributed by atoms with van der Waals surface area (Å²) < 4.78 is 40.0. The number of hydrogen-bond acceptors (Lipinski definition) is 2. The summed E-state index contributed by atoms with van der Waals surface area (Å²) in [5.41, 5.74) is 5.56. The number of hydrogen-bond donors (Lipinski definition) is 1. The fraction of sp³-hybridized carbons (Fsp3) is 0.600. The fourth-order valence-electron chi connectivity index (χ4n) is 3.80. The van der Waals surface area contributed by atoms with E-state index >= 15 is 0 Å². The Morgan fingerprint density at radius 3 is 2.33 bits per heavy atom. The summed E-state index contributed by atoms with van der Waals surface area (Å²) in [6, 6.07) is 4.22. The van der Waals surface area contributed by atoms with Crippen LogP contribution in [0.15, 0.2) is 18.2 Å². The zero-order valence-corrected chi connectivity index (χ0v) is 12.3. The van der Waals surface area contributed by atoms with Crippen LogP contribution >= 0.6 is 11.6 Å². The Balaban J connectivity index is 2.08. The van der Waals surface area contributed by atoms with Crippen LogP contribution in [-0.4, -0.2) is 18.1 Å². The summed E-state index contributed by atoms with van der Waals surface area (Å²) >= 11 is 6.14. The van der Waals surface area contributed by atoms with Crippen molar-refractivity contribution in [3.05, 3.63) is 28.8 Å². The lowest BCUT2D eigenvalue weighted by molar-refractivity contribution is -0.137. The summed E-state index contributed by atoms with van der Waals surface area (Å²) in [7, 11) is 0. The molecule has 0 spiro atoms. The molecule has 0 aromatic heterocycles. The number of para-hydroxylation sites is 1. The Morgan fingerprint density at radius 1 is 1.14 bits per heavy atom. The molecule has 2 atom stereocenters. The molecule has 2 heterocycles. The maximum Gasteiger partial charge on any atom is 0.418 e. The van der Waals surface area contributed by atoms with E-state index in [9.17, 15) is 13.2 Å². The minimum Gasteiger partial charge on any atom is -0.364 e. The number of anilines is 1.